The molecule has 0 unspecified atom stereocenters. The summed E-state index contributed by atoms with van der Waals surface area (Å²) in [5.41, 5.74) is -0.536. The fourth-order valence-electron chi connectivity index (χ4n) is 3.10. The molecular weight excluding hydrogens is 340 g/mol. The monoisotopic (exact) mass is 362 g/mol. The largest absolute Gasteiger partial charge is 0.477 e. The molecule has 0 aromatic heterocycles. The summed E-state index contributed by atoms with van der Waals surface area (Å²) in [6, 6.07) is 8.98. The van der Waals surface area contributed by atoms with Gasteiger partial charge in [-0.05, 0) is 24.8 Å². The number of carboxylic acid groups (broad SMARTS) is 1. The highest BCUT2D eigenvalue weighted by atomic mass is 16.6. The van der Waals surface area contributed by atoms with Gasteiger partial charge in [0.15, 0.2) is 0 Å². The second-order valence-corrected chi connectivity index (χ2v) is 6.34. The van der Waals surface area contributed by atoms with Crippen LogP contribution in [0.15, 0.2) is 42.1 Å². The van der Waals surface area contributed by atoms with E-state index in [4.69, 9.17) is 4.74 Å². The first kappa shape index (κ1) is 19.4. The van der Waals surface area contributed by atoms with Gasteiger partial charge in [0.05, 0.1) is 0 Å². The molecule has 1 saturated carbocycles. The maximum Gasteiger partial charge on any atom is 0.412 e. The van der Waals surface area contributed by atoms with Crippen LogP contribution in [0.2, 0.25) is 0 Å². The van der Waals surface area contributed by atoms with E-state index in [1.807, 2.05) is 6.07 Å². The zero-order chi connectivity index (χ0) is 19.0. The number of aliphatic carboxylic acids is 1. The number of amides is 1. The molecule has 2 rings (SSSR count). The number of benzene rings is 1. The molecule has 1 amide bonds. The Kier molecular flexibility index (Phi) is 6.71. The number of rotatable bonds is 8. The number of nitrogens with zero attached hydrogens (tertiary/aromatic N) is 1. The molecule has 1 fully saturated rings. The van der Waals surface area contributed by atoms with Gasteiger partial charge in [-0.25, -0.2) is 9.59 Å². The number of nitro groups is 1. The summed E-state index contributed by atoms with van der Waals surface area (Å²) >= 11 is 0. The van der Waals surface area contributed by atoms with Gasteiger partial charge in [0.1, 0.15) is 12.3 Å². The van der Waals surface area contributed by atoms with E-state index in [0.717, 1.165) is 18.4 Å². The third-order valence-corrected chi connectivity index (χ3v) is 4.56. The van der Waals surface area contributed by atoms with Crippen molar-refractivity contribution in [2.75, 3.05) is 0 Å². The highest BCUT2D eigenvalue weighted by Gasteiger charge is 2.44. The fraction of sp³-hybridized carbons (Fsp3) is 0.444. The van der Waals surface area contributed by atoms with Gasteiger partial charge in [-0.3, -0.25) is 15.4 Å². The number of hydrogen-bond donors (Lipinski definition) is 2. The minimum atomic E-state index is -1.32. The maximum absolute atomic E-state index is 11.8. The Hall–Kier alpha value is -2.90. The second kappa shape index (κ2) is 8.98. The van der Waals surface area contributed by atoms with E-state index in [9.17, 15) is 24.8 Å². The Morgan fingerprint density at radius 2 is 1.92 bits per heavy atom. The molecule has 1 aromatic rings. The summed E-state index contributed by atoms with van der Waals surface area (Å²) in [6.45, 7) is 0.0179. The Labute approximate surface area is 151 Å². The summed E-state index contributed by atoms with van der Waals surface area (Å²) in [4.78, 5) is 34.1. The van der Waals surface area contributed by atoms with E-state index in [1.165, 1.54) is 6.08 Å². The second-order valence-electron chi connectivity index (χ2n) is 6.34. The van der Waals surface area contributed by atoms with Gasteiger partial charge in [-0.15, -0.1) is 0 Å². The van der Waals surface area contributed by atoms with Gasteiger partial charge >= 0.3 is 12.1 Å². The van der Waals surface area contributed by atoms with Crippen molar-refractivity contribution in [2.24, 2.45) is 0 Å². The van der Waals surface area contributed by atoms with Gasteiger partial charge in [-0.2, -0.15) is 0 Å². The van der Waals surface area contributed by atoms with Crippen molar-refractivity contribution in [1.82, 2.24) is 5.32 Å². The molecule has 0 bridgehead atoms. The first-order valence-corrected chi connectivity index (χ1v) is 8.49. The van der Waals surface area contributed by atoms with Crippen LogP contribution in [0.4, 0.5) is 4.79 Å². The van der Waals surface area contributed by atoms with Crippen LogP contribution in [0.3, 0.4) is 0 Å². The lowest BCUT2D eigenvalue weighted by Crippen LogP contribution is -2.35. The van der Waals surface area contributed by atoms with E-state index >= 15 is 0 Å². The Morgan fingerprint density at radius 1 is 1.27 bits per heavy atom. The van der Waals surface area contributed by atoms with E-state index in [2.05, 4.69) is 5.32 Å². The Balaban J connectivity index is 1.89. The van der Waals surface area contributed by atoms with Gasteiger partial charge in [-0.1, -0.05) is 36.4 Å². The summed E-state index contributed by atoms with van der Waals surface area (Å²) in [6.07, 6.45) is 3.48. The predicted octanol–water partition coefficient (Wildman–Crippen LogP) is 3.25. The van der Waals surface area contributed by atoms with Crippen LogP contribution in [0, 0.1) is 10.1 Å². The quantitative estimate of drug-likeness (QED) is 0.416. The number of hydrogen-bond acceptors (Lipinski definition) is 5. The van der Waals surface area contributed by atoms with Crippen LogP contribution in [-0.2, 0) is 16.1 Å². The number of carboxylic acids is 1. The number of carbonyl (C=O) groups is 2. The zero-order valence-electron chi connectivity index (χ0n) is 14.3. The average Bonchev–Trinajstić information content (AvgIpc) is 3.10. The molecule has 140 valence electrons. The summed E-state index contributed by atoms with van der Waals surface area (Å²) in [5.74, 6) is -1.32. The molecule has 0 spiro atoms. The van der Waals surface area contributed by atoms with Crippen molar-refractivity contribution < 1.29 is 24.4 Å². The Morgan fingerprint density at radius 3 is 2.50 bits per heavy atom. The zero-order valence-corrected chi connectivity index (χ0v) is 14.3. The SMILES string of the molecule is O=C(N/C(=C\CCC1([N+](=O)[O-])CCCC1)C(=O)O)OCc1ccccc1. The first-order valence-electron chi connectivity index (χ1n) is 8.49. The molecule has 26 heavy (non-hydrogen) atoms. The van der Waals surface area contributed by atoms with Crippen molar-refractivity contribution in [3.63, 3.8) is 0 Å². The Bertz CT molecular complexity index is 680. The molecular formula is C18H22N2O6. The minimum Gasteiger partial charge on any atom is -0.477 e. The van der Waals surface area contributed by atoms with Crippen LogP contribution < -0.4 is 5.32 Å². The lowest BCUT2D eigenvalue weighted by molar-refractivity contribution is -0.569. The molecule has 2 N–H and O–H groups in total. The normalized spacial score (nSPS) is 16.1. The molecule has 1 aliphatic rings. The highest BCUT2D eigenvalue weighted by Crippen LogP contribution is 2.36. The van der Waals surface area contributed by atoms with Crippen LogP contribution in [0.5, 0.6) is 0 Å². The highest BCUT2D eigenvalue weighted by molar-refractivity contribution is 5.90. The first-order chi connectivity index (χ1) is 12.4. The van der Waals surface area contributed by atoms with Crippen LogP contribution >= 0.6 is 0 Å². The fourth-order valence-corrected chi connectivity index (χ4v) is 3.10. The van der Waals surface area contributed by atoms with Crippen LogP contribution in [0.1, 0.15) is 44.1 Å². The molecule has 8 nitrogen and oxygen atoms in total. The topological polar surface area (TPSA) is 119 Å². The molecule has 0 heterocycles. The molecule has 1 aromatic carbocycles. The van der Waals surface area contributed by atoms with E-state index in [1.54, 1.807) is 24.3 Å². The van der Waals surface area contributed by atoms with Gasteiger partial charge in [0.25, 0.3) is 0 Å². The van der Waals surface area contributed by atoms with Gasteiger partial charge < -0.3 is 9.84 Å². The van der Waals surface area contributed by atoms with Crippen LogP contribution in [-0.4, -0.2) is 27.6 Å². The lowest BCUT2D eigenvalue weighted by Gasteiger charge is -2.18. The molecule has 0 radical (unpaired) electrons. The number of alkyl carbamates (subject to hydrolysis) is 1. The minimum absolute atomic E-state index is 0.0179. The number of carbonyl (C=O) groups excluding carboxylic acids is 1. The van der Waals surface area contributed by atoms with Crippen molar-refractivity contribution in [1.29, 1.82) is 0 Å². The van der Waals surface area contributed by atoms with Crippen molar-refractivity contribution in [3.05, 3.63) is 57.8 Å². The molecule has 8 heteroatoms. The van der Waals surface area contributed by atoms with Crippen molar-refractivity contribution >= 4 is 12.1 Å². The molecule has 0 aliphatic heterocycles. The average molecular weight is 362 g/mol. The van der Waals surface area contributed by atoms with Crippen molar-refractivity contribution in [2.45, 2.75) is 50.7 Å². The van der Waals surface area contributed by atoms with E-state index in [-0.39, 0.29) is 30.1 Å². The molecule has 1 aliphatic carbocycles. The van der Waals surface area contributed by atoms with Gasteiger partial charge in [0.2, 0.25) is 5.54 Å². The standard InChI is InChI=1S/C18H22N2O6/c21-16(22)15(9-6-12-18(20(24)25)10-4-5-11-18)19-17(23)26-13-14-7-2-1-3-8-14/h1-3,7-9H,4-6,10-13H2,(H,19,23)(H,21,22)/b15-9-. The third kappa shape index (κ3) is 5.30. The molecule has 0 atom stereocenters. The van der Waals surface area contributed by atoms with E-state index in [0.29, 0.717) is 12.8 Å². The number of nitrogens with one attached hydrogen (secondary N) is 1. The summed E-state index contributed by atoms with van der Waals surface area (Å²) in [5, 5.41) is 22.7. The van der Waals surface area contributed by atoms with Crippen LogP contribution in [0.25, 0.3) is 0 Å². The molecule has 0 saturated heterocycles. The van der Waals surface area contributed by atoms with Crippen molar-refractivity contribution in [3.8, 4) is 0 Å². The van der Waals surface area contributed by atoms with E-state index < -0.39 is 17.6 Å². The number of allylic oxidation sites excluding steroid dienone is 1. The van der Waals surface area contributed by atoms with Gasteiger partial charge in [0, 0.05) is 24.2 Å². The summed E-state index contributed by atoms with van der Waals surface area (Å²) in [7, 11) is 0. The summed E-state index contributed by atoms with van der Waals surface area (Å²) < 4.78 is 4.98. The maximum atomic E-state index is 11.8. The third-order valence-electron chi connectivity index (χ3n) is 4.56. The smallest absolute Gasteiger partial charge is 0.412 e. The lowest BCUT2D eigenvalue weighted by atomic mass is 9.92. The number of ether oxygens (including phenoxy) is 1. The predicted molar refractivity (Wildman–Crippen MR) is 92.9 cm³/mol.